The number of thioether (sulfide) groups is 1. The highest BCUT2D eigenvalue weighted by Gasteiger charge is 2.31. The van der Waals surface area contributed by atoms with Crippen LogP contribution in [0.4, 0.5) is 0 Å². The average Bonchev–Trinajstić information content (AvgIpc) is 2.78. The lowest BCUT2D eigenvalue weighted by atomic mass is 10.1. The molecule has 0 radical (unpaired) electrons. The first kappa shape index (κ1) is 11.8. The van der Waals surface area contributed by atoms with Crippen LogP contribution >= 0.6 is 11.8 Å². The fraction of sp³-hybridized carbons (Fsp3) is 0.250. The molecule has 0 saturated carbocycles. The van der Waals surface area contributed by atoms with Gasteiger partial charge in [-0.05, 0) is 36.7 Å². The van der Waals surface area contributed by atoms with Gasteiger partial charge in [-0.2, -0.15) is 0 Å². The molecule has 0 saturated heterocycles. The van der Waals surface area contributed by atoms with Gasteiger partial charge < -0.3 is 5.32 Å². The van der Waals surface area contributed by atoms with E-state index in [-0.39, 0.29) is 0 Å². The summed E-state index contributed by atoms with van der Waals surface area (Å²) in [6.45, 7) is 0. The second-order valence-electron chi connectivity index (χ2n) is 4.65. The number of nitrogens with one attached hydrogen (secondary N) is 1. The molecule has 3 rings (SSSR count). The van der Waals surface area contributed by atoms with E-state index >= 15 is 0 Å². The third kappa shape index (κ3) is 2.18. The maximum atomic E-state index is 3.46. The van der Waals surface area contributed by atoms with Crippen LogP contribution < -0.4 is 5.32 Å². The Morgan fingerprint density at radius 3 is 2.50 bits per heavy atom. The highest BCUT2D eigenvalue weighted by Crippen LogP contribution is 2.44. The van der Waals surface area contributed by atoms with E-state index in [1.54, 1.807) is 0 Å². The van der Waals surface area contributed by atoms with Gasteiger partial charge in [0.15, 0.2) is 0 Å². The molecule has 1 nitrogen and oxygen atoms in total. The number of rotatable bonds is 3. The lowest BCUT2D eigenvalue weighted by molar-refractivity contribution is 0.584. The molecular formula is C16H17NS. The maximum Gasteiger partial charge on any atom is 0.0503 e. The van der Waals surface area contributed by atoms with Gasteiger partial charge in [-0.3, -0.25) is 0 Å². The molecule has 1 aliphatic carbocycles. The van der Waals surface area contributed by atoms with E-state index in [0.29, 0.717) is 11.3 Å². The Morgan fingerprint density at radius 1 is 1.00 bits per heavy atom. The molecule has 0 aromatic heterocycles. The highest BCUT2D eigenvalue weighted by molar-refractivity contribution is 7.99. The van der Waals surface area contributed by atoms with Crippen LogP contribution in [0, 0.1) is 0 Å². The summed E-state index contributed by atoms with van der Waals surface area (Å²) in [5.41, 5.74) is 2.98. The third-order valence-corrected chi connectivity index (χ3v) is 4.92. The summed E-state index contributed by atoms with van der Waals surface area (Å²) in [5, 5.41) is 3.98. The molecule has 2 aromatic carbocycles. The zero-order valence-electron chi connectivity index (χ0n) is 10.5. The molecule has 0 heterocycles. The van der Waals surface area contributed by atoms with Crippen LogP contribution in [0.2, 0.25) is 0 Å². The minimum absolute atomic E-state index is 0.522. The Hall–Kier alpha value is -1.25. The second-order valence-corrected chi connectivity index (χ2v) is 5.86. The summed E-state index contributed by atoms with van der Waals surface area (Å²) in [6, 6.07) is 20.0. The zero-order valence-corrected chi connectivity index (χ0v) is 11.3. The van der Waals surface area contributed by atoms with Gasteiger partial charge >= 0.3 is 0 Å². The van der Waals surface area contributed by atoms with Gasteiger partial charge in [0.1, 0.15) is 0 Å². The van der Waals surface area contributed by atoms with Crippen molar-refractivity contribution in [2.45, 2.75) is 22.6 Å². The van der Waals surface area contributed by atoms with Crippen LogP contribution in [0.3, 0.4) is 0 Å². The van der Waals surface area contributed by atoms with E-state index < -0.39 is 0 Å². The van der Waals surface area contributed by atoms with Gasteiger partial charge in [-0.1, -0.05) is 42.5 Å². The minimum atomic E-state index is 0.522. The summed E-state index contributed by atoms with van der Waals surface area (Å²) >= 11 is 1.96. The van der Waals surface area contributed by atoms with Crippen LogP contribution in [-0.4, -0.2) is 13.1 Å². The van der Waals surface area contributed by atoms with E-state index in [1.807, 2.05) is 11.8 Å². The molecule has 0 bridgehead atoms. The minimum Gasteiger partial charge on any atom is -0.315 e. The lowest BCUT2D eigenvalue weighted by Crippen LogP contribution is -2.27. The molecule has 2 aromatic rings. The molecule has 0 spiro atoms. The van der Waals surface area contributed by atoms with Gasteiger partial charge in [-0.15, -0.1) is 11.8 Å². The first-order valence-electron chi connectivity index (χ1n) is 6.35. The van der Waals surface area contributed by atoms with Crippen LogP contribution in [0.1, 0.15) is 16.4 Å². The van der Waals surface area contributed by atoms with E-state index in [1.165, 1.54) is 16.0 Å². The average molecular weight is 255 g/mol. The van der Waals surface area contributed by atoms with Crippen molar-refractivity contribution in [1.82, 2.24) is 5.32 Å². The summed E-state index contributed by atoms with van der Waals surface area (Å²) in [6.07, 6.45) is 1.14. The van der Waals surface area contributed by atoms with Gasteiger partial charge in [0.25, 0.3) is 0 Å². The van der Waals surface area contributed by atoms with Gasteiger partial charge in [0.2, 0.25) is 0 Å². The highest BCUT2D eigenvalue weighted by atomic mass is 32.2. The predicted octanol–water partition coefficient (Wildman–Crippen LogP) is 3.66. The van der Waals surface area contributed by atoms with Crippen molar-refractivity contribution >= 4 is 11.8 Å². The van der Waals surface area contributed by atoms with Crippen molar-refractivity contribution in [3.8, 4) is 0 Å². The lowest BCUT2D eigenvalue weighted by Gasteiger charge is -2.19. The van der Waals surface area contributed by atoms with Crippen molar-refractivity contribution in [3.05, 3.63) is 65.7 Å². The number of hydrogen-bond acceptors (Lipinski definition) is 2. The Morgan fingerprint density at radius 2 is 1.72 bits per heavy atom. The quantitative estimate of drug-likeness (QED) is 0.898. The summed E-state index contributed by atoms with van der Waals surface area (Å²) in [4.78, 5) is 1.35. The largest absolute Gasteiger partial charge is 0.315 e. The van der Waals surface area contributed by atoms with Gasteiger partial charge in [0, 0.05) is 10.9 Å². The molecule has 1 N–H and O–H groups in total. The summed E-state index contributed by atoms with van der Waals surface area (Å²) < 4.78 is 0. The predicted molar refractivity (Wildman–Crippen MR) is 78.0 cm³/mol. The standard InChI is InChI=1S/C16H17NS/c1-17-15-11-12-7-5-6-10-14(12)16(15)18-13-8-3-2-4-9-13/h2-10,15-17H,11H2,1H3/t15-,16-/m1/s1. The van der Waals surface area contributed by atoms with Crippen molar-refractivity contribution < 1.29 is 0 Å². The van der Waals surface area contributed by atoms with Crippen LogP contribution in [0.25, 0.3) is 0 Å². The molecule has 0 aliphatic heterocycles. The van der Waals surface area contributed by atoms with Gasteiger partial charge in [0.05, 0.1) is 5.25 Å². The van der Waals surface area contributed by atoms with E-state index in [4.69, 9.17) is 0 Å². The SMILES string of the molecule is CN[C@@H]1Cc2ccccc2[C@H]1Sc1ccccc1. The Kier molecular flexibility index (Phi) is 3.39. The van der Waals surface area contributed by atoms with Gasteiger partial charge in [-0.25, -0.2) is 0 Å². The maximum absolute atomic E-state index is 3.46. The molecule has 2 atom stereocenters. The van der Waals surface area contributed by atoms with Crippen molar-refractivity contribution in [1.29, 1.82) is 0 Å². The third-order valence-electron chi connectivity index (χ3n) is 3.54. The number of fused-ring (bicyclic) bond motifs is 1. The number of benzene rings is 2. The molecule has 92 valence electrons. The molecule has 2 heteroatoms. The molecular weight excluding hydrogens is 238 g/mol. The zero-order chi connectivity index (χ0) is 12.4. The monoisotopic (exact) mass is 255 g/mol. The molecule has 18 heavy (non-hydrogen) atoms. The van der Waals surface area contributed by atoms with E-state index in [2.05, 4.69) is 67.0 Å². The Bertz CT molecular complexity index is 524. The van der Waals surface area contributed by atoms with Crippen LogP contribution in [-0.2, 0) is 6.42 Å². The topological polar surface area (TPSA) is 12.0 Å². The molecule has 0 amide bonds. The summed E-state index contributed by atoms with van der Waals surface area (Å²) in [7, 11) is 2.06. The van der Waals surface area contributed by atoms with Crippen LogP contribution in [0.15, 0.2) is 59.5 Å². The first-order valence-corrected chi connectivity index (χ1v) is 7.23. The smallest absolute Gasteiger partial charge is 0.0503 e. The van der Waals surface area contributed by atoms with E-state index in [9.17, 15) is 0 Å². The number of likely N-dealkylation sites (N-methyl/N-ethyl adjacent to an activating group) is 1. The molecule has 0 fully saturated rings. The molecule has 0 unspecified atom stereocenters. The van der Waals surface area contributed by atoms with Crippen LogP contribution in [0.5, 0.6) is 0 Å². The summed E-state index contributed by atoms with van der Waals surface area (Å²) in [5.74, 6) is 0. The number of hydrogen-bond donors (Lipinski definition) is 1. The Balaban J connectivity index is 1.90. The van der Waals surface area contributed by atoms with Crippen molar-refractivity contribution in [3.63, 3.8) is 0 Å². The second kappa shape index (κ2) is 5.17. The first-order chi connectivity index (χ1) is 8.88. The fourth-order valence-electron chi connectivity index (χ4n) is 2.60. The van der Waals surface area contributed by atoms with E-state index in [0.717, 1.165) is 6.42 Å². The normalized spacial score (nSPS) is 21.8. The fourth-order valence-corrected chi connectivity index (χ4v) is 3.96. The Labute approximate surface area is 113 Å². The van der Waals surface area contributed by atoms with Crippen molar-refractivity contribution in [2.24, 2.45) is 0 Å². The molecule has 1 aliphatic rings. The van der Waals surface area contributed by atoms with Crippen molar-refractivity contribution in [2.75, 3.05) is 7.05 Å².